The number of methoxy groups -OCH3 is 1. The molecule has 0 radical (unpaired) electrons. The van der Waals surface area contributed by atoms with Gasteiger partial charge < -0.3 is 14.6 Å². The second-order valence-corrected chi connectivity index (χ2v) is 3.07. The van der Waals surface area contributed by atoms with Gasteiger partial charge in [0.2, 0.25) is 0 Å². The van der Waals surface area contributed by atoms with Gasteiger partial charge in [0.25, 0.3) is 0 Å². The fourth-order valence-electron chi connectivity index (χ4n) is 1.14. The van der Waals surface area contributed by atoms with Crippen molar-refractivity contribution in [1.29, 1.82) is 0 Å². The van der Waals surface area contributed by atoms with Crippen molar-refractivity contribution in [2.75, 3.05) is 7.11 Å². The molecule has 0 aliphatic carbocycles. The molecule has 0 spiro atoms. The molecule has 1 aromatic rings. The number of aromatic hydroxyl groups is 1. The number of hydrogen-bond acceptors (Lipinski definition) is 3. The average molecular weight is 196 g/mol. The van der Waals surface area contributed by atoms with Crippen LogP contribution in [0.4, 0.5) is 0 Å². The van der Waals surface area contributed by atoms with Gasteiger partial charge in [0.15, 0.2) is 6.29 Å². The van der Waals surface area contributed by atoms with Crippen LogP contribution in [0.25, 0.3) is 0 Å². The van der Waals surface area contributed by atoms with Crippen LogP contribution in [0.2, 0.25) is 0 Å². The Morgan fingerprint density at radius 1 is 1.29 bits per heavy atom. The zero-order valence-electron chi connectivity index (χ0n) is 8.56. The molecule has 3 heteroatoms. The smallest absolute Gasteiger partial charge is 0.199 e. The molecule has 1 unspecified atom stereocenters. The van der Waals surface area contributed by atoms with Gasteiger partial charge in [-0.05, 0) is 24.3 Å². The summed E-state index contributed by atoms with van der Waals surface area (Å²) < 4.78 is 10.7. The third-order valence-corrected chi connectivity index (χ3v) is 1.89. The van der Waals surface area contributed by atoms with Crippen LogP contribution in [0.5, 0.6) is 11.5 Å². The predicted octanol–water partition coefficient (Wildman–Crippen LogP) is 2.54. The number of phenolic OH excluding ortho intramolecular Hbond substituents is 1. The summed E-state index contributed by atoms with van der Waals surface area (Å²) in [6.07, 6.45) is 1.66. The van der Waals surface area contributed by atoms with Gasteiger partial charge in [-0.15, -0.1) is 0 Å². The Kier molecular flexibility index (Phi) is 4.26. The summed E-state index contributed by atoms with van der Waals surface area (Å²) in [4.78, 5) is 0. The lowest BCUT2D eigenvalue weighted by Crippen LogP contribution is -2.18. The van der Waals surface area contributed by atoms with Gasteiger partial charge in [0.1, 0.15) is 11.5 Å². The van der Waals surface area contributed by atoms with Gasteiger partial charge in [0, 0.05) is 13.5 Å². The average Bonchev–Trinajstić information content (AvgIpc) is 2.20. The molecule has 0 saturated heterocycles. The Bertz CT molecular complexity index is 256. The Balaban J connectivity index is 2.53. The molecule has 0 saturated carbocycles. The van der Waals surface area contributed by atoms with E-state index in [4.69, 9.17) is 14.6 Å². The highest BCUT2D eigenvalue weighted by molar-refractivity contribution is 5.30. The molecular weight excluding hydrogens is 180 g/mol. The van der Waals surface area contributed by atoms with Gasteiger partial charge in [0.05, 0.1) is 0 Å². The number of ether oxygens (including phenoxy) is 2. The lowest BCUT2D eigenvalue weighted by molar-refractivity contribution is -0.0584. The van der Waals surface area contributed by atoms with Gasteiger partial charge >= 0.3 is 0 Å². The largest absolute Gasteiger partial charge is 0.508 e. The van der Waals surface area contributed by atoms with Crippen molar-refractivity contribution in [3.63, 3.8) is 0 Å². The Morgan fingerprint density at radius 2 is 1.93 bits per heavy atom. The summed E-state index contributed by atoms with van der Waals surface area (Å²) in [6, 6.07) is 6.62. The Labute approximate surface area is 84.3 Å². The van der Waals surface area contributed by atoms with E-state index in [-0.39, 0.29) is 12.0 Å². The SMILES string of the molecule is CCCC(OC)Oc1ccc(O)cc1. The predicted molar refractivity (Wildman–Crippen MR) is 54.4 cm³/mol. The van der Waals surface area contributed by atoms with Crippen molar-refractivity contribution < 1.29 is 14.6 Å². The topological polar surface area (TPSA) is 38.7 Å². The molecule has 1 N–H and O–H groups in total. The van der Waals surface area contributed by atoms with E-state index in [0.717, 1.165) is 12.8 Å². The third-order valence-electron chi connectivity index (χ3n) is 1.89. The molecule has 3 nitrogen and oxygen atoms in total. The monoisotopic (exact) mass is 196 g/mol. The van der Waals surface area contributed by atoms with E-state index in [1.165, 1.54) is 0 Å². The molecule has 0 aliphatic heterocycles. The normalized spacial score (nSPS) is 12.4. The summed E-state index contributed by atoms with van der Waals surface area (Å²) in [5, 5.41) is 9.06. The van der Waals surface area contributed by atoms with E-state index >= 15 is 0 Å². The molecule has 0 aliphatic rings. The summed E-state index contributed by atoms with van der Waals surface area (Å²) in [6.45, 7) is 2.08. The van der Waals surface area contributed by atoms with Crippen LogP contribution in [0, 0.1) is 0 Å². The zero-order valence-corrected chi connectivity index (χ0v) is 8.56. The Hall–Kier alpha value is -1.22. The van der Waals surface area contributed by atoms with Gasteiger partial charge in [-0.3, -0.25) is 0 Å². The van der Waals surface area contributed by atoms with Crippen LogP contribution in [0.3, 0.4) is 0 Å². The van der Waals surface area contributed by atoms with Crippen molar-refractivity contribution in [2.45, 2.75) is 26.1 Å². The molecule has 1 aromatic carbocycles. The lowest BCUT2D eigenvalue weighted by atomic mass is 10.3. The summed E-state index contributed by atoms with van der Waals surface area (Å²) in [5.74, 6) is 0.949. The molecule has 0 amide bonds. The van der Waals surface area contributed by atoms with E-state index in [9.17, 15) is 0 Å². The number of rotatable bonds is 5. The lowest BCUT2D eigenvalue weighted by Gasteiger charge is -2.16. The third kappa shape index (κ3) is 3.26. The summed E-state index contributed by atoms with van der Waals surface area (Å²) in [7, 11) is 1.63. The number of phenols is 1. The minimum absolute atomic E-state index is 0.204. The second-order valence-electron chi connectivity index (χ2n) is 3.07. The molecule has 14 heavy (non-hydrogen) atoms. The maximum Gasteiger partial charge on any atom is 0.199 e. The molecule has 1 atom stereocenters. The van der Waals surface area contributed by atoms with E-state index in [0.29, 0.717) is 5.75 Å². The molecule has 0 fully saturated rings. The zero-order chi connectivity index (χ0) is 10.4. The van der Waals surface area contributed by atoms with E-state index in [1.807, 2.05) is 0 Å². The fraction of sp³-hybridized carbons (Fsp3) is 0.455. The van der Waals surface area contributed by atoms with E-state index < -0.39 is 0 Å². The standard InChI is InChI=1S/C11H16O3/c1-3-4-11(13-2)14-10-7-5-9(12)6-8-10/h5-8,11-12H,3-4H2,1-2H3. The maximum absolute atomic E-state index is 9.06. The second kappa shape index (κ2) is 5.50. The minimum Gasteiger partial charge on any atom is -0.508 e. The molecular formula is C11H16O3. The van der Waals surface area contributed by atoms with Crippen LogP contribution in [-0.2, 0) is 4.74 Å². The van der Waals surface area contributed by atoms with Crippen LogP contribution < -0.4 is 4.74 Å². The van der Waals surface area contributed by atoms with Crippen molar-refractivity contribution in [3.05, 3.63) is 24.3 Å². The minimum atomic E-state index is -0.204. The molecule has 0 heterocycles. The molecule has 78 valence electrons. The molecule has 0 aromatic heterocycles. The summed E-state index contributed by atoms with van der Waals surface area (Å²) >= 11 is 0. The van der Waals surface area contributed by atoms with E-state index in [2.05, 4.69) is 6.92 Å². The quantitative estimate of drug-likeness (QED) is 0.735. The first-order chi connectivity index (χ1) is 6.76. The van der Waals surface area contributed by atoms with Crippen LogP contribution in [0.1, 0.15) is 19.8 Å². The van der Waals surface area contributed by atoms with Gasteiger partial charge in [-0.2, -0.15) is 0 Å². The van der Waals surface area contributed by atoms with Crippen molar-refractivity contribution >= 4 is 0 Å². The first-order valence-corrected chi connectivity index (χ1v) is 4.74. The van der Waals surface area contributed by atoms with Crippen LogP contribution in [-0.4, -0.2) is 18.5 Å². The molecule has 1 rings (SSSR count). The van der Waals surface area contributed by atoms with Crippen molar-refractivity contribution in [2.24, 2.45) is 0 Å². The van der Waals surface area contributed by atoms with Crippen molar-refractivity contribution in [1.82, 2.24) is 0 Å². The van der Waals surface area contributed by atoms with Gasteiger partial charge in [-0.25, -0.2) is 0 Å². The molecule has 0 bridgehead atoms. The van der Waals surface area contributed by atoms with Crippen LogP contribution in [0.15, 0.2) is 24.3 Å². The Morgan fingerprint density at radius 3 is 2.43 bits per heavy atom. The van der Waals surface area contributed by atoms with Crippen LogP contribution >= 0.6 is 0 Å². The fourth-order valence-corrected chi connectivity index (χ4v) is 1.14. The number of hydrogen-bond donors (Lipinski definition) is 1. The van der Waals surface area contributed by atoms with E-state index in [1.54, 1.807) is 31.4 Å². The van der Waals surface area contributed by atoms with Gasteiger partial charge in [-0.1, -0.05) is 13.3 Å². The first-order valence-electron chi connectivity index (χ1n) is 4.74. The number of benzene rings is 1. The summed E-state index contributed by atoms with van der Waals surface area (Å²) in [5.41, 5.74) is 0. The maximum atomic E-state index is 9.06. The van der Waals surface area contributed by atoms with Crippen molar-refractivity contribution in [3.8, 4) is 11.5 Å². The first kappa shape index (κ1) is 10.9. The highest BCUT2D eigenvalue weighted by Crippen LogP contribution is 2.18. The highest BCUT2D eigenvalue weighted by atomic mass is 16.7. The highest BCUT2D eigenvalue weighted by Gasteiger charge is 2.06.